The predicted octanol–water partition coefficient (Wildman–Crippen LogP) is 3.60. The highest BCUT2D eigenvalue weighted by atomic mass is 16.5. The molecule has 2 aromatic rings. The molecule has 26 heavy (non-hydrogen) atoms. The summed E-state index contributed by atoms with van der Waals surface area (Å²) in [5, 5.41) is 0. The molecule has 0 atom stereocenters. The largest absolute Gasteiger partial charge is 0.465 e. The third kappa shape index (κ3) is 3.59. The van der Waals surface area contributed by atoms with Crippen LogP contribution >= 0.6 is 0 Å². The topological polar surface area (TPSA) is 46.6 Å². The normalized spacial score (nSPS) is 15.7. The monoisotopic (exact) mass is 347 g/mol. The molecule has 132 valence electrons. The van der Waals surface area contributed by atoms with E-state index in [1.807, 2.05) is 60.7 Å². The van der Waals surface area contributed by atoms with E-state index in [9.17, 15) is 9.59 Å². The molecule has 0 fully saturated rings. The van der Waals surface area contributed by atoms with Crippen LogP contribution in [0.3, 0.4) is 0 Å². The first-order chi connectivity index (χ1) is 12.6. The summed E-state index contributed by atoms with van der Waals surface area (Å²) < 4.78 is 4.92. The van der Waals surface area contributed by atoms with Gasteiger partial charge in [-0.25, -0.2) is 4.79 Å². The Hall–Kier alpha value is -3.14. The standard InChI is InChI=1S/C22H21NO3/c1-16-20(22(25)26-2)19(15-18-11-7-4-8-12-18)21(24)23(16)14-13-17-9-5-3-6-10-17/h3-12,15H,13-14H2,1-2H3/b19-15-. The summed E-state index contributed by atoms with van der Waals surface area (Å²) in [6, 6.07) is 19.5. The lowest BCUT2D eigenvalue weighted by atomic mass is 10.0. The van der Waals surface area contributed by atoms with E-state index >= 15 is 0 Å². The van der Waals surface area contributed by atoms with Gasteiger partial charge >= 0.3 is 5.97 Å². The fraction of sp³-hybridized carbons (Fsp3) is 0.182. The molecule has 4 heteroatoms. The van der Waals surface area contributed by atoms with Crippen molar-refractivity contribution in [3.05, 3.63) is 88.6 Å². The minimum absolute atomic E-state index is 0.164. The Morgan fingerprint density at radius 1 is 1.04 bits per heavy atom. The van der Waals surface area contributed by atoms with Crippen molar-refractivity contribution < 1.29 is 14.3 Å². The molecule has 2 aromatic carbocycles. The Labute approximate surface area is 153 Å². The smallest absolute Gasteiger partial charge is 0.340 e. The van der Waals surface area contributed by atoms with E-state index < -0.39 is 5.97 Å². The first kappa shape index (κ1) is 17.7. The molecular formula is C22H21NO3. The summed E-state index contributed by atoms with van der Waals surface area (Å²) in [5.41, 5.74) is 3.38. The predicted molar refractivity (Wildman–Crippen MR) is 101 cm³/mol. The van der Waals surface area contributed by atoms with E-state index in [1.54, 1.807) is 17.9 Å². The SMILES string of the molecule is COC(=O)C1=C(C)N(CCc2ccccc2)C(=O)/C1=C\c1ccccc1. The number of rotatable bonds is 5. The molecule has 1 aliphatic heterocycles. The first-order valence-electron chi connectivity index (χ1n) is 8.54. The van der Waals surface area contributed by atoms with Crippen LogP contribution < -0.4 is 0 Å². The van der Waals surface area contributed by atoms with Gasteiger partial charge in [-0.2, -0.15) is 0 Å². The maximum absolute atomic E-state index is 13.0. The number of amides is 1. The lowest BCUT2D eigenvalue weighted by Gasteiger charge is -2.17. The zero-order valence-electron chi connectivity index (χ0n) is 14.9. The van der Waals surface area contributed by atoms with Gasteiger partial charge < -0.3 is 9.64 Å². The summed E-state index contributed by atoms with van der Waals surface area (Å²) in [6.07, 6.45) is 2.47. The van der Waals surface area contributed by atoms with Crippen molar-refractivity contribution >= 4 is 18.0 Å². The van der Waals surface area contributed by atoms with Crippen LogP contribution in [0.1, 0.15) is 18.1 Å². The van der Waals surface area contributed by atoms with Crippen LogP contribution in [-0.2, 0) is 20.7 Å². The van der Waals surface area contributed by atoms with Gasteiger partial charge in [0.1, 0.15) is 0 Å². The van der Waals surface area contributed by atoms with Gasteiger partial charge in [0.15, 0.2) is 0 Å². The van der Waals surface area contributed by atoms with E-state index in [-0.39, 0.29) is 5.91 Å². The number of allylic oxidation sites excluding steroid dienone is 1. The fourth-order valence-electron chi connectivity index (χ4n) is 3.10. The maximum atomic E-state index is 13.0. The molecule has 0 aromatic heterocycles. The van der Waals surface area contributed by atoms with Crippen molar-refractivity contribution in [2.45, 2.75) is 13.3 Å². The molecule has 0 spiro atoms. The maximum Gasteiger partial charge on any atom is 0.340 e. The molecule has 1 aliphatic rings. The fourth-order valence-corrected chi connectivity index (χ4v) is 3.10. The van der Waals surface area contributed by atoms with Gasteiger partial charge in [-0.15, -0.1) is 0 Å². The number of ether oxygens (including phenoxy) is 1. The second-order valence-electron chi connectivity index (χ2n) is 6.11. The highest BCUT2D eigenvalue weighted by Crippen LogP contribution is 2.31. The summed E-state index contributed by atoms with van der Waals surface area (Å²) in [4.78, 5) is 26.9. The number of carbonyl (C=O) groups excluding carboxylic acids is 2. The highest BCUT2D eigenvalue weighted by Gasteiger charge is 2.36. The molecule has 0 aliphatic carbocycles. The van der Waals surface area contributed by atoms with Gasteiger partial charge in [0.05, 0.1) is 18.3 Å². The molecule has 3 rings (SSSR count). The Morgan fingerprint density at radius 2 is 1.65 bits per heavy atom. The van der Waals surface area contributed by atoms with Crippen molar-refractivity contribution in [2.75, 3.05) is 13.7 Å². The van der Waals surface area contributed by atoms with E-state index in [4.69, 9.17) is 4.74 Å². The van der Waals surface area contributed by atoms with Gasteiger partial charge in [0.2, 0.25) is 0 Å². The average Bonchev–Trinajstić information content (AvgIpc) is 2.91. The number of hydrogen-bond acceptors (Lipinski definition) is 3. The van der Waals surface area contributed by atoms with Gasteiger partial charge in [0.25, 0.3) is 5.91 Å². The van der Waals surface area contributed by atoms with E-state index in [2.05, 4.69) is 0 Å². The number of carbonyl (C=O) groups is 2. The number of methoxy groups -OCH3 is 1. The van der Waals surface area contributed by atoms with Crippen molar-refractivity contribution in [2.24, 2.45) is 0 Å². The average molecular weight is 347 g/mol. The van der Waals surface area contributed by atoms with Gasteiger partial charge in [0, 0.05) is 12.2 Å². The zero-order valence-corrected chi connectivity index (χ0v) is 14.9. The molecule has 4 nitrogen and oxygen atoms in total. The molecule has 0 bridgehead atoms. The molecule has 1 amide bonds. The lowest BCUT2D eigenvalue weighted by molar-refractivity contribution is -0.136. The van der Waals surface area contributed by atoms with Gasteiger partial charge in [-0.1, -0.05) is 60.7 Å². The van der Waals surface area contributed by atoms with Gasteiger partial charge in [-0.3, -0.25) is 4.79 Å². The summed E-state index contributed by atoms with van der Waals surface area (Å²) in [6.45, 7) is 2.31. The number of hydrogen-bond donors (Lipinski definition) is 0. The third-order valence-corrected chi connectivity index (χ3v) is 4.48. The molecule has 0 N–H and O–H groups in total. The Morgan fingerprint density at radius 3 is 2.27 bits per heavy atom. The van der Waals surface area contributed by atoms with Crippen LogP contribution in [0.2, 0.25) is 0 Å². The number of esters is 1. The van der Waals surface area contributed by atoms with Crippen molar-refractivity contribution in [1.29, 1.82) is 0 Å². The Kier molecular flexibility index (Phi) is 5.32. The minimum Gasteiger partial charge on any atom is -0.465 e. The van der Waals surface area contributed by atoms with Gasteiger partial charge in [-0.05, 0) is 30.5 Å². The zero-order chi connectivity index (χ0) is 18.5. The van der Waals surface area contributed by atoms with Crippen LogP contribution in [0.15, 0.2) is 77.5 Å². The molecule has 0 unspecified atom stereocenters. The van der Waals surface area contributed by atoms with Crippen LogP contribution in [-0.4, -0.2) is 30.4 Å². The van der Waals surface area contributed by atoms with Crippen molar-refractivity contribution in [3.8, 4) is 0 Å². The lowest BCUT2D eigenvalue weighted by Crippen LogP contribution is -2.27. The molecule has 0 saturated carbocycles. The van der Waals surface area contributed by atoms with E-state index in [0.29, 0.717) is 23.4 Å². The van der Waals surface area contributed by atoms with Crippen LogP contribution in [0.25, 0.3) is 6.08 Å². The molecule has 1 heterocycles. The number of benzene rings is 2. The van der Waals surface area contributed by atoms with Crippen LogP contribution in [0.5, 0.6) is 0 Å². The first-order valence-corrected chi connectivity index (χ1v) is 8.54. The van der Waals surface area contributed by atoms with E-state index in [1.165, 1.54) is 7.11 Å². The third-order valence-electron chi connectivity index (χ3n) is 4.48. The molecule has 0 saturated heterocycles. The highest BCUT2D eigenvalue weighted by molar-refractivity contribution is 6.16. The Balaban J connectivity index is 1.92. The van der Waals surface area contributed by atoms with E-state index in [0.717, 1.165) is 17.5 Å². The van der Waals surface area contributed by atoms with Crippen LogP contribution in [0.4, 0.5) is 0 Å². The quantitative estimate of drug-likeness (QED) is 0.613. The number of nitrogens with zero attached hydrogens (tertiary/aromatic N) is 1. The second kappa shape index (κ2) is 7.83. The Bertz CT molecular complexity index is 867. The van der Waals surface area contributed by atoms with Crippen LogP contribution in [0, 0.1) is 0 Å². The minimum atomic E-state index is -0.486. The molecule has 0 radical (unpaired) electrons. The second-order valence-corrected chi connectivity index (χ2v) is 6.11. The van der Waals surface area contributed by atoms with Crippen molar-refractivity contribution in [3.63, 3.8) is 0 Å². The van der Waals surface area contributed by atoms with Crippen molar-refractivity contribution in [1.82, 2.24) is 4.90 Å². The summed E-state index contributed by atoms with van der Waals surface area (Å²) in [5.74, 6) is -0.650. The molecular weight excluding hydrogens is 326 g/mol. The summed E-state index contributed by atoms with van der Waals surface area (Å²) >= 11 is 0. The summed E-state index contributed by atoms with van der Waals surface area (Å²) in [7, 11) is 1.33.